The van der Waals surface area contributed by atoms with Crippen molar-refractivity contribution in [3.63, 3.8) is 0 Å². The van der Waals surface area contributed by atoms with E-state index in [1.807, 2.05) is 13.8 Å². The van der Waals surface area contributed by atoms with E-state index >= 15 is 0 Å². The fourth-order valence-corrected chi connectivity index (χ4v) is 3.88. The predicted octanol–water partition coefficient (Wildman–Crippen LogP) is 5.02. The van der Waals surface area contributed by atoms with E-state index in [0.717, 1.165) is 25.1 Å². The lowest BCUT2D eigenvalue weighted by Gasteiger charge is -2.24. The van der Waals surface area contributed by atoms with E-state index in [1.54, 1.807) is 14.2 Å². The van der Waals surface area contributed by atoms with Crippen molar-refractivity contribution in [2.75, 3.05) is 38.8 Å². The maximum absolute atomic E-state index is 6.26. The third-order valence-electron chi connectivity index (χ3n) is 5.92. The van der Waals surface area contributed by atoms with Crippen LogP contribution >= 0.6 is 0 Å². The summed E-state index contributed by atoms with van der Waals surface area (Å²) in [5, 5.41) is 0. The highest BCUT2D eigenvalue weighted by Crippen LogP contribution is 2.36. The van der Waals surface area contributed by atoms with E-state index < -0.39 is 5.60 Å². The summed E-state index contributed by atoms with van der Waals surface area (Å²) in [6.07, 6.45) is 3.47. The predicted molar refractivity (Wildman–Crippen MR) is 131 cm³/mol. The molecule has 33 heavy (non-hydrogen) atoms. The molecule has 2 aromatic rings. The number of methoxy groups -OCH3 is 2. The van der Waals surface area contributed by atoms with Gasteiger partial charge in [-0.05, 0) is 50.8 Å². The van der Waals surface area contributed by atoms with Crippen LogP contribution in [-0.2, 0) is 4.74 Å². The quantitative estimate of drug-likeness (QED) is 0.441. The minimum atomic E-state index is -0.430. The molecule has 1 aromatic heterocycles. The summed E-state index contributed by atoms with van der Waals surface area (Å²) in [4.78, 5) is 10.9. The lowest BCUT2D eigenvalue weighted by atomic mass is 9.95. The number of benzene rings is 1. The molecule has 180 valence electrons. The van der Waals surface area contributed by atoms with Crippen LogP contribution in [0.1, 0.15) is 52.0 Å². The zero-order chi connectivity index (χ0) is 24.0. The second kappa shape index (κ2) is 10.9. The monoisotopic (exact) mass is 455 g/mol. The summed E-state index contributed by atoms with van der Waals surface area (Å²) < 4.78 is 23.2. The summed E-state index contributed by atoms with van der Waals surface area (Å²) in [5.41, 5.74) is 2.07. The van der Waals surface area contributed by atoms with Gasteiger partial charge in [-0.15, -0.1) is 6.58 Å². The first-order valence-electron chi connectivity index (χ1n) is 11.4. The van der Waals surface area contributed by atoms with Crippen LogP contribution in [0.25, 0.3) is 0 Å². The Labute approximate surface area is 197 Å². The fourth-order valence-electron chi connectivity index (χ4n) is 3.88. The average Bonchev–Trinajstić information content (AvgIpc) is 3.25. The van der Waals surface area contributed by atoms with Crippen LogP contribution in [0.4, 0.5) is 5.82 Å². The van der Waals surface area contributed by atoms with Crippen LogP contribution in [0.2, 0.25) is 0 Å². The number of aromatic nitrogens is 2. The van der Waals surface area contributed by atoms with E-state index in [0.29, 0.717) is 36.5 Å². The summed E-state index contributed by atoms with van der Waals surface area (Å²) in [7, 11) is 3.27. The summed E-state index contributed by atoms with van der Waals surface area (Å²) in [6, 6.07) is 8.41. The minimum absolute atomic E-state index is 0.0696. The highest BCUT2D eigenvalue weighted by atomic mass is 16.6. The molecule has 1 unspecified atom stereocenters. The third kappa shape index (κ3) is 6.60. The zero-order valence-electron chi connectivity index (χ0n) is 20.8. The lowest BCUT2D eigenvalue weighted by molar-refractivity contribution is -0.0164. The first-order valence-corrected chi connectivity index (χ1v) is 11.4. The van der Waals surface area contributed by atoms with Gasteiger partial charge in [-0.1, -0.05) is 24.6 Å². The van der Waals surface area contributed by atoms with Crippen molar-refractivity contribution < 1.29 is 18.9 Å². The number of hydrogen-bond donors (Lipinski definition) is 0. The molecule has 1 aliphatic rings. The Bertz CT molecular complexity index is 930. The van der Waals surface area contributed by atoms with Gasteiger partial charge in [0.15, 0.2) is 5.82 Å². The summed E-state index contributed by atoms with van der Waals surface area (Å²) >= 11 is 0. The smallest absolute Gasteiger partial charge is 0.262 e. The molecule has 1 fully saturated rings. The highest BCUT2D eigenvalue weighted by molar-refractivity contribution is 5.57. The first kappa shape index (κ1) is 24.8. The number of anilines is 1. The molecule has 7 heteroatoms. The molecular weight excluding hydrogens is 418 g/mol. The molecule has 1 aromatic carbocycles. The van der Waals surface area contributed by atoms with Crippen LogP contribution in [0, 0.1) is 0 Å². The fraction of sp³-hybridized carbons (Fsp3) is 0.538. The molecule has 2 atom stereocenters. The first-order chi connectivity index (χ1) is 15.7. The molecule has 1 saturated heterocycles. The number of ether oxygens (including phenoxy) is 4. The Hall–Kier alpha value is -2.80. The van der Waals surface area contributed by atoms with E-state index in [1.165, 1.54) is 17.5 Å². The number of allylic oxidation sites excluding steroid dienone is 1. The van der Waals surface area contributed by atoms with Crippen LogP contribution in [0.5, 0.6) is 17.4 Å². The topological polar surface area (TPSA) is 65.9 Å². The average molecular weight is 456 g/mol. The standard InChI is InChI=1S/C26H37N3O4/c1-18(2)14-19(3)20-8-10-21(11-9-20)33-22-12-13-29(15-22)24-23(30-6)25(28-17-27-24)32-16-26(4,5)31-7/h8-11,17,19,22H,1,12-16H2,2-7H3/t19-,22?/m1/s1. The Balaban J connectivity index is 1.63. The van der Waals surface area contributed by atoms with E-state index in [-0.39, 0.29) is 6.10 Å². The molecule has 0 radical (unpaired) electrons. The molecule has 2 heterocycles. The SMILES string of the molecule is C=C(C)C[C@@H](C)c1ccc(OC2CCN(c3ncnc(OCC(C)(C)OC)c3OC)C2)cc1. The molecule has 3 rings (SSSR count). The number of nitrogens with zero attached hydrogens (tertiary/aromatic N) is 3. The molecule has 0 spiro atoms. The Morgan fingerprint density at radius 2 is 1.94 bits per heavy atom. The zero-order valence-corrected chi connectivity index (χ0v) is 20.8. The van der Waals surface area contributed by atoms with Gasteiger partial charge < -0.3 is 23.8 Å². The number of rotatable bonds is 11. The van der Waals surface area contributed by atoms with Crippen molar-refractivity contribution >= 4 is 5.82 Å². The summed E-state index contributed by atoms with van der Waals surface area (Å²) in [6.45, 7) is 14.1. The maximum atomic E-state index is 6.26. The molecule has 0 aliphatic carbocycles. The Morgan fingerprint density at radius 1 is 1.21 bits per heavy atom. The van der Waals surface area contributed by atoms with Gasteiger partial charge in [-0.25, -0.2) is 4.98 Å². The highest BCUT2D eigenvalue weighted by Gasteiger charge is 2.29. The van der Waals surface area contributed by atoms with Crippen molar-refractivity contribution in [1.82, 2.24) is 9.97 Å². The lowest BCUT2D eigenvalue weighted by Crippen LogP contribution is -2.31. The molecular formula is C26H37N3O4. The number of hydrogen-bond acceptors (Lipinski definition) is 7. The maximum Gasteiger partial charge on any atom is 0.262 e. The van der Waals surface area contributed by atoms with Crippen molar-refractivity contribution in [2.24, 2.45) is 0 Å². The van der Waals surface area contributed by atoms with Gasteiger partial charge in [0.25, 0.3) is 5.88 Å². The normalized spacial score (nSPS) is 17.0. The van der Waals surface area contributed by atoms with Crippen LogP contribution < -0.4 is 19.1 Å². The van der Waals surface area contributed by atoms with Gasteiger partial charge in [0.1, 0.15) is 24.8 Å². The van der Waals surface area contributed by atoms with Crippen LogP contribution in [0.15, 0.2) is 42.7 Å². The van der Waals surface area contributed by atoms with Crippen molar-refractivity contribution in [1.29, 1.82) is 0 Å². The Morgan fingerprint density at radius 3 is 2.58 bits per heavy atom. The van der Waals surface area contributed by atoms with Crippen molar-refractivity contribution in [3.05, 3.63) is 48.3 Å². The van der Waals surface area contributed by atoms with Gasteiger partial charge in [0, 0.05) is 20.1 Å². The molecule has 7 nitrogen and oxygen atoms in total. The van der Waals surface area contributed by atoms with Crippen LogP contribution in [0.3, 0.4) is 0 Å². The third-order valence-corrected chi connectivity index (χ3v) is 5.92. The van der Waals surface area contributed by atoms with Crippen molar-refractivity contribution in [3.8, 4) is 17.4 Å². The van der Waals surface area contributed by atoms with Gasteiger partial charge in [-0.2, -0.15) is 4.98 Å². The summed E-state index contributed by atoms with van der Waals surface area (Å²) in [5.74, 6) is 2.99. The van der Waals surface area contributed by atoms with E-state index in [4.69, 9.17) is 18.9 Å². The van der Waals surface area contributed by atoms with Crippen molar-refractivity contribution in [2.45, 2.75) is 58.2 Å². The van der Waals surface area contributed by atoms with E-state index in [9.17, 15) is 0 Å². The minimum Gasteiger partial charge on any atom is -0.489 e. The molecule has 0 bridgehead atoms. The molecule has 0 amide bonds. The second-order valence-corrected chi connectivity index (χ2v) is 9.39. The van der Waals surface area contributed by atoms with Gasteiger partial charge >= 0.3 is 0 Å². The largest absolute Gasteiger partial charge is 0.489 e. The second-order valence-electron chi connectivity index (χ2n) is 9.39. The Kier molecular flexibility index (Phi) is 8.19. The molecule has 1 aliphatic heterocycles. The van der Waals surface area contributed by atoms with Gasteiger partial charge in [0.2, 0.25) is 5.75 Å². The van der Waals surface area contributed by atoms with E-state index in [2.05, 4.69) is 59.6 Å². The molecule has 0 saturated carbocycles. The molecule has 0 N–H and O–H groups in total. The van der Waals surface area contributed by atoms with Gasteiger partial charge in [0.05, 0.1) is 19.3 Å². The van der Waals surface area contributed by atoms with Crippen LogP contribution in [-0.4, -0.2) is 55.6 Å². The van der Waals surface area contributed by atoms with Gasteiger partial charge in [-0.3, -0.25) is 0 Å².